The third kappa shape index (κ3) is 4.07. The molecule has 0 aliphatic heterocycles. The Morgan fingerprint density at radius 3 is 2.44 bits per heavy atom. The number of hydrogen-bond acceptors (Lipinski definition) is 2. The molecule has 0 radical (unpaired) electrons. The van der Waals surface area contributed by atoms with E-state index in [1.54, 1.807) is 0 Å². The van der Waals surface area contributed by atoms with E-state index >= 15 is 0 Å². The SMILES string of the molecule is Cc1cccc(CNC(=O)c2ccc(-c3cc(N)ccc3C)cc2)c1. The summed E-state index contributed by atoms with van der Waals surface area (Å²) >= 11 is 0. The molecule has 0 atom stereocenters. The van der Waals surface area contributed by atoms with Crippen molar-refractivity contribution in [2.45, 2.75) is 20.4 Å². The number of amides is 1. The number of aryl methyl sites for hydroxylation is 2. The van der Waals surface area contributed by atoms with Crippen LogP contribution >= 0.6 is 0 Å². The summed E-state index contributed by atoms with van der Waals surface area (Å²) in [6.45, 7) is 4.62. The zero-order valence-corrected chi connectivity index (χ0v) is 14.5. The Morgan fingerprint density at radius 1 is 0.960 bits per heavy atom. The van der Waals surface area contributed by atoms with Crippen LogP contribution in [0.15, 0.2) is 66.7 Å². The second kappa shape index (κ2) is 7.22. The number of carbonyl (C=O) groups is 1. The highest BCUT2D eigenvalue weighted by Crippen LogP contribution is 2.25. The van der Waals surface area contributed by atoms with Crippen LogP contribution in [0.2, 0.25) is 0 Å². The fourth-order valence-corrected chi connectivity index (χ4v) is 2.86. The molecule has 3 N–H and O–H groups in total. The molecule has 0 unspecified atom stereocenters. The van der Waals surface area contributed by atoms with Gasteiger partial charge >= 0.3 is 0 Å². The van der Waals surface area contributed by atoms with Crippen LogP contribution in [0.4, 0.5) is 5.69 Å². The first-order valence-corrected chi connectivity index (χ1v) is 8.33. The minimum Gasteiger partial charge on any atom is -0.399 e. The van der Waals surface area contributed by atoms with E-state index in [1.165, 1.54) is 5.56 Å². The van der Waals surface area contributed by atoms with E-state index in [0.717, 1.165) is 27.9 Å². The van der Waals surface area contributed by atoms with Gasteiger partial charge in [0, 0.05) is 17.8 Å². The Labute approximate surface area is 148 Å². The van der Waals surface area contributed by atoms with Crippen molar-refractivity contribution in [3.63, 3.8) is 0 Å². The minimum absolute atomic E-state index is 0.0719. The first kappa shape index (κ1) is 16.8. The summed E-state index contributed by atoms with van der Waals surface area (Å²) in [6, 6.07) is 21.6. The summed E-state index contributed by atoms with van der Waals surface area (Å²) in [5.74, 6) is -0.0719. The predicted octanol–water partition coefficient (Wildman–Crippen LogP) is 4.48. The lowest BCUT2D eigenvalue weighted by Crippen LogP contribution is -2.22. The standard InChI is InChI=1S/C22H22N2O/c1-15-4-3-5-17(12-15)14-24-22(25)19-9-7-18(8-10-19)21-13-20(23)11-6-16(21)2/h3-13H,14,23H2,1-2H3,(H,24,25). The molecule has 3 aromatic carbocycles. The molecular weight excluding hydrogens is 308 g/mol. The number of hydrogen-bond donors (Lipinski definition) is 2. The van der Waals surface area contributed by atoms with Gasteiger partial charge in [0.1, 0.15) is 0 Å². The smallest absolute Gasteiger partial charge is 0.251 e. The van der Waals surface area contributed by atoms with Gasteiger partial charge in [0.15, 0.2) is 0 Å². The molecule has 0 fully saturated rings. The van der Waals surface area contributed by atoms with Crippen LogP contribution in [0, 0.1) is 13.8 Å². The van der Waals surface area contributed by atoms with Crippen LogP contribution in [-0.2, 0) is 6.54 Å². The number of nitrogens with one attached hydrogen (secondary N) is 1. The molecule has 3 rings (SSSR count). The Kier molecular flexibility index (Phi) is 4.85. The number of nitrogens with two attached hydrogens (primary N) is 1. The van der Waals surface area contributed by atoms with Gasteiger partial charge in [0.05, 0.1) is 0 Å². The first-order valence-electron chi connectivity index (χ1n) is 8.33. The Balaban J connectivity index is 1.71. The summed E-state index contributed by atoms with van der Waals surface area (Å²) in [5, 5.41) is 2.96. The average molecular weight is 330 g/mol. The average Bonchev–Trinajstić information content (AvgIpc) is 2.62. The molecule has 0 bridgehead atoms. The van der Waals surface area contributed by atoms with Crippen molar-refractivity contribution in [3.8, 4) is 11.1 Å². The molecule has 0 aromatic heterocycles. The van der Waals surface area contributed by atoms with Gasteiger partial charge in [-0.05, 0) is 60.4 Å². The Bertz CT molecular complexity index is 898. The maximum atomic E-state index is 12.3. The van der Waals surface area contributed by atoms with Crippen molar-refractivity contribution in [1.82, 2.24) is 5.32 Å². The molecule has 25 heavy (non-hydrogen) atoms. The maximum absolute atomic E-state index is 12.3. The lowest BCUT2D eigenvalue weighted by Gasteiger charge is -2.09. The largest absolute Gasteiger partial charge is 0.399 e. The second-order valence-electron chi connectivity index (χ2n) is 6.32. The van der Waals surface area contributed by atoms with E-state index in [9.17, 15) is 4.79 Å². The molecule has 0 heterocycles. The summed E-state index contributed by atoms with van der Waals surface area (Å²) in [6.07, 6.45) is 0. The fourth-order valence-electron chi connectivity index (χ4n) is 2.86. The third-order valence-corrected chi connectivity index (χ3v) is 4.26. The fraction of sp³-hybridized carbons (Fsp3) is 0.136. The van der Waals surface area contributed by atoms with Gasteiger partial charge in [-0.25, -0.2) is 0 Å². The highest BCUT2D eigenvalue weighted by molar-refractivity contribution is 5.94. The zero-order chi connectivity index (χ0) is 17.8. The number of nitrogen functional groups attached to an aromatic ring is 1. The van der Waals surface area contributed by atoms with Crippen LogP contribution in [0.25, 0.3) is 11.1 Å². The minimum atomic E-state index is -0.0719. The van der Waals surface area contributed by atoms with Gasteiger partial charge in [-0.3, -0.25) is 4.79 Å². The summed E-state index contributed by atoms with van der Waals surface area (Å²) in [7, 11) is 0. The number of rotatable bonds is 4. The van der Waals surface area contributed by atoms with Crippen LogP contribution in [0.1, 0.15) is 27.0 Å². The van der Waals surface area contributed by atoms with Gasteiger partial charge in [-0.15, -0.1) is 0 Å². The van der Waals surface area contributed by atoms with Gasteiger partial charge < -0.3 is 11.1 Å². The van der Waals surface area contributed by atoms with Crippen LogP contribution in [0.3, 0.4) is 0 Å². The van der Waals surface area contributed by atoms with Crippen LogP contribution in [0.5, 0.6) is 0 Å². The first-order chi connectivity index (χ1) is 12.0. The molecule has 0 aliphatic rings. The Morgan fingerprint density at radius 2 is 1.72 bits per heavy atom. The zero-order valence-electron chi connectivity index (χ0n) is 14.5. The van der Waals surface area contributed by atoms with Gasteiger partial charge in [-0.1, -0.05) is 48.0 Å². The number of benzene rings is 3. The van der Waals surface area contributed by atoms with Crippen molar-refractivity contribution in [2.75, 3.05) is 5.73 Å². The molecule has 1 amide bonds. The van der Waals surface area contributed by atoms with E-state index in [4.69, 9.17) is 5.73 Å². The van der Waals surface area contributed by atoms with Crippen LogP contribution < -0.4 is 11.1 Å². The number of carbonyl (C=O) groups excluding carboxylic acids is 1. The topological polar surface area (TPSA) is 55.1 Å². The van der Waals surface area contributed by atoms with Crippen molar-refractivity contribution in [3.05, 3.63) is 89.0 Å². The molecule has 0 saturated heterocycles. The summed E-state index contributed by atoms with van der Waals surface area (Å²) in [4.78, 5) is 12.3. The monoisotopic (exact) mass is 330 g/mol. The van der Waals surface area contributed by atoms with Crippen molar-refractivity contribution in [1.29, 1.82) is 0 Å². The highest BCUT2D eigenvalue weighted by atomic mass is 16.1. The molecular formula is C22H22N2O. The summed E-state index contributed by atoms with van der Waals surface area (Å²) < 4.78 is 0. The quantitative estimate of drug-likeness (QED) is 0.693. The molecule has 3 nitrogen and oxygen atoms in total. The lowest BCUT2D eigenvalue weighted by molar-refractivity contribution is 0.0951. The second-order valence-corrected chi connectivity index (χ2v) is 6.32. The van der Waals surface area contributed by atoms with Crippen molar-refractivity contribution < 1.29 is 4.79 Å². The predicted molar refractivity (Wildman–Crippen MR) is 103 cm³/mol. The summed E-state index contributed by atoms with van der Waals surface area (Å²) in [5.41, 5.74) is 12.9. The van der Waals surface area contributed by atoms with E-state index in [2.05, 4.69) is 18.3 Å². The van der Waals surface area contributed by atoms with Gasteiger partial charge in [0.25, 0.3) is 5.91 Å². The molecule has 0 aliphatic carbocycles. The third-order valence-electron chi connectivity index (χ3n) is 4.26. The normalized spacial score (nSPS) is 10.5. The molecule has 0 spiro atoms. The highest BCUT2D eigenvalue weighted by Gasteiger charge is 2.07. The Hall–Kier alpha value is -3.07. The van der Waals surface area contributed by atoms with Crippen LogP contribution in [-0.4, -0.2) is 5.91 Å². The number of anilines is 1. The van der Waals surface area contributed by atoms with Crippen molar-refractivity contribution >= 4 is 11.6 Å². The van der Waals surface area contributed by atoms with E-state index in [1.807, 2.05) is 67.6 Å². The van der Waals surface area contributed by atoms with Crippen molar-refractivity contribution in [2.24, 2.45) is 0 Å². The molecule has 3 aromatic rings. The lowest BCUT2D eigenvalue weighted by atomic mass is 9.99. The van der Waals surface area contributed by atoms with Gasteiger partial charge in [-0.2, -0.15) is 0 Å². The molecule has 126 valence electrons. The maximum Gasteiger partial charge on any atom is 0.251 e. The van der Waals surface area contributed by atoms with E-state index < -0.39 is 0 Å². The van der Waals surface area contributed by atoms with E-state index in [0.29, 0.717) is 12.1 Å². The van der Waals surface area contributed by atoms with E-state index in [-0.39, 0.29) is 5.91 Å². The molecule has 3 heteroatoms. The molecule has 0 saturated carbocycles. The van der Waals surface area contributed by atoms with Gasteiger partial charge in [0.2, 0.25) is 0 Å².